The highest BCUT2D eigenvalue weighted by Crippen LogP contribution is 2.31. The van der Waals surface area contributed by atoms with E-state index in [9.17, 15) is 0 Å². The van der Waals surface area contributed by atoms with Crippen LogP contribution in [0.15, 0.2) is 23.8 Å². The number of methoxy groups -OCH3 is 1. The number of ether oxygens (including phenoxy) is 1. The number of aryl methyl sites for hydroxylation is 1. The minimum absolute atomic E-state index is 0.0265. The van der Waals surface area contributed by atoms with E-state index in [1.165, 1.54) is 4.88 Å². The quantitative estimate of drug-likeness (QED) is 0.902. The normalized spacial score (nSPS) is 12.4. The molecular formula is C12H15N3OS. The van der Waals surface area contributed by atoms with Crippen LogP contribution < -0.4 is 10.1 Å². The first-order valence-electron chi connectivity index (χ1n) is 5.34. The summed E-state index contributed by atoms with van der Waals surface area (Å²) in [5.41, 5.74) is 3.77. The zero-order valence-corrected chi connectivity index (χ0v) is 10.9. The number of hydrogen-bond donors (Lipinski definition) is 1. The molecule has 0 fully saturated rings. The minimum atomic E-state index is 0.0265. The molecule has 1 unspecified atom stereocenters. The predicted octanol–water partition coefficient (Wildman–Crippen LogP) is 2.16. The standard InChI is InChI=1S/C12H15N3OS/c1-8-12(17-7-15-8)11(13-2)10-9(16-3)5-4-6-14-10/h4-7,11,13H,1-3H3. The van der Waals surface area contributed by atoms with Gasteiger partial charge >= 0.3 is 0 Å². The SMILES string of the molecule is CNC(c1ncccc1OC)c1scnc1C. The monoisotopic (exact) mass is 249 g/mol. The smallest absolute Gasteiger partial charge is 0.142 e. The highest BCUT2D eigenvalue weighted by atomic mass is 32.1. The van der Waals surface area contributed by atoms with Gasteiger partial charge in [0.05, 0.1) is 29.2 Å². The Labute approximate surface area is 105 Å². The van der Waals surface area contributed by atoms with Gasteiger partial charge in [-0.05, 0) is 26.1 Å². The maximum atomic E-state index is 5.35. The average molecular weight is 249 g/mol. The van der Waals surface area contributed by atoms with Crippen LogP contribution in [0.2, 0.25) is 0 Å². The molecule has 0 aliphatic carbocycles. The van der Waals surface area contributed by atoms with Crippen LogP contribution in [0.1, 0.15) is 22.3 Å². The Bertz CT molecular complexity index is 498. The average Bonchev–Trinajstić information content (AvgIpc) is 2.78. The van der Waals surface area contributed by atoms with Crippen molar-refractivity contribution in [2.75, 3.05) is 14.2 Å². The van der Waals surface area contributed by atoms with Gasteiger partial charge in [0.25, 0.3) is 0 Å². The molecule has 1 atom stereocenters. The van der Waals surface area contributed by atoms with E-state index in [1.54, 1.807) is 24.6 Å². The molecule has 1 N–H and O–H groups in total. The summed E-state index contributed by atoms with van der Waals surface area (Å²) in [4.78, 5) is 9.86. The lowest BCUT2D eigenvalue weighted by Crippen LogP contribution is -2.19. The lowest BCUT2D eigenvalue weighted by Gasteiger charge is -2.17. The Morgan fingerprint density at radius 1 is 1.41 bits per heavy atom. The van der Waals surface area contributed by atoms with Crippen LogP contribution in [0.4, 0.5) is 0 Å². The van der Waals surface area contributed by atoms with E-state index in [4.69, 9.17) is 4.74 Å². The number of thiazole rings is 1. The number of nitrogens with one attached hydrogen (secondary N) is 1. The second-order valence-electron chi connectivity index (χ2n) is 3.61. The maximum Gasteiger partial charge on any atom is 0.142 e. The van der Waals surface area contributed by atoms with Gasteiger partial charge in [-0.2, -0.15) is 0 Å². The molecule has 2 heterocycles. The molecule has 2 aromatic heterocycles. The van der Waals surface area contributed by atoms with Gasteiger partial charge in [0.1, 0.15) is 11.4 Å². The van der Waals surface area contributed by atoms with Crippen molar-refractivity contribution in [3.05, 3.63) is 40.1 Å². The van der Waals surface area contributed by atoms with E-state index < -0.39 is 0 Å². The Morgan fingerprint density at radius 3 is 2.82 bits per heavy atom. The third-order valence-electron chi connectivity index (χ3n) is 2.63. The fourth-order valence-electron chi connectivity index (χ4n) is 1.77. The maximum absolute atomic E-state index is 5.35. The molecule has 0 aromatic carbocycles. The summed E-state index contributed by atoms with van der Waals surface area (Å²) >= 11 is 1.63. The van der Waals surface area contributed by atoms with E-state index >= 15 is 0 Å². The van der Waals surface area contributed by atoms with Crippen molar-refractivity contribution in [1.29, 1.82) is 0 Å². The molecule has 2 aromatic rings. The molecular weight excluding hydrogens is 234 g/mol. The predicted molar refractivity (Wildman–Crippen MR) is 68.5 cm³/mol. The molecule has 0 saturated carbocycles. The van der Waals surface area contributed by atoms with Crippen LogP contribution in [-0.4, -0.2) is 24.1 Å². The van der Waals surface area contributed by atoms with Gasteiger partial charge in [-0.3, -0.25) is 4.98 Å². The van der Waals surface area contributed by atoms with Gasteiger partial charge in [-0.25, -0.2) is 4.98 Å². The van der Waals surface area contributed by atoms with Gasteiger partial charge in [0, 0.05) is 6.20 Å². The van der Waals surface area contributed by atoms with Gasteiger partial charge in [0.2, 0.25) is 0 Å². The molecule has 0 aliphatic rings. The lowest BCUT2D eigenvalue weighted by molar-refractivity contribution is 0.402. The molecule has 17 heavy (non-hydrogen) atoms. The number of pyridine rings is 1. The number of nitrogens with zero attached hydrogens (tertiary/aromatic N) is 2. The summed E-state index contributed by atoms with van der Waals surface area (Å²) in [5, 5.41) is 3.26. The summed E-state index contributed by atoms with van der Waals surface area (Å²) < 4.78 is 5.35. The topological polar surface area (TPSA) is 47.0 Å². The van der Waals surface area contributed by atoms with Crippen molar-refractivity contribution in [3.63, 3.8) is 0 Å². The van der Waals surface area contributed by atoms with Crippen molar-refractivity contribution in [2.45, 2.75) is 13.0 Å². The molecule has 0 amide bonds. The first-order valence-corrected chi connectivity index (χ1v) is 6.22. The summed E-state index contributed by atoms with van der Waals surface area (Å²) in [5.74, 6) is 0.791. The Hall–Kier alpha value is -1.46. The minimum Gasteiger partial charge on any atom is -0.495 e. The van der Waals surface area contributed by atoms with Gasteiger partial charge in [-0.1, -0.05) is 0 Å². The zero-order chi connectivity index (χ0) is 12.3. The molecule has 0 spiro atoms. The summed E-state index contributed by atoms with van der Waals surface area (Å²) in [7, 11) is 3.57. The fraction of sp³-hybridized carbons (Fsp3) is 0.333. The van der Waals surface area contributed by atoms with Crippen LogP contribution in [0.5, 0.6) is 5.75 Å². The van der Waals surface area contributed by atoms with E-state index in [1.807, 2.05) is 31.6 Å². The second-order valence-corrected chi connectivity index (χ2v) is 4.50. The Morgan fingerprint density at radius 2 is 2.24 bits per heavy atom. The van der Waals surface area contributed by atoms with Crippen LogP contribution in [0, 0.1) is 6.92 Å². The molecule has 0 aliphatic heterocycles. The van der Waals surface area contributed by atoms with Crippen LogP contribution >= 0.6 is 11.3 Å². The van der Waals surface area contributed by atoms with Crippen LogP contribution in [0.25, 0.3) is 0 Å². The molecule has 0 saturated heterocycles. The third kappa shape index (κ3) is 2.30. The van der Waals surface area contributed by atoms with Crippen molar-refractivity contribution in [1.82, 2.24) is 15.3 Å². The van der Waals surface area contributed by atoms with Crippen molar-refractivity contribution >= 4 is 11.3 Å². The summed E-state index contributed by atoms with van der Waals surface area (Å²) in [6, 6.07) is 3.82. The Kier molecular flexibility index (Phi) is 3.71. The molecule has 5 heteroatoms. The van der Waals surface area contributed by atoms with E-state index in [0.717, 1.165) is 17.1 Å². The van der Waals surface area contributed by atoms with Crippen LogP contribution in [0.3, 0.4) is 0 Å². The number of rotatable bonds is 4. The number of aromatic nitrogens is 2. The zero-order valence-electron chi connectivity index (χ0n) is 10.1. The molecule has 0 bridgehead atoms. The van der Waals surface area contributed by atoms with Crippen molar-refractivity contribution in [3.8, 4) is 5.75 Å². The second kappa shape index (κ2) is 5.25. The largest absolute Gasteiger partial charge is 0.495 e. The van der Waals surface area contributed by atoms with Gasteiger partial charge in [0.15, 0.2) is 0 Å². The van der Waals surface area contributed by atoms with E-state index in [0.29, 0.717) is 0 Å². The fourth-order valence-corrected chi connectivity index (χ4v) is 2.69. The molecule has 2 rings (SSSR count). The molecule has 90 valence electrons. The van der Waals surface area contributed by atoms with Gasteiger partial charge in [-0.15, -0.1) is 11.3 Å². The molecule has 0 radical (unpaired) electrons. The third-order valence-corrected chi connectivity index (χ3v) is 3.62. The summed E-state index contributed by atoms with van der Waals surface area (Å²) in [6.07, 6.45) is 1.78. The first-order chi connectivity index (χ1) is 8.27. The van der Waals surface area contributed by atoms with E-state index in [2.05, 4.69) is 15.3 Å². The summed E-state index contributed by atoms with van der Waals surface area (Å²) in [6.45, 7) is 2.01. The van der Waals surface area contributed by atoms with Crippen LogP contribution in [-0.2, 0) is 0 Å². The first kappa shape index (κ1) is 12.0. The highest BCUT2D eigenvalue weighted by Gasteiger charge is 2.21. The number of hydrogen-bond acceptors (Lipinski definition) is 5. The van der Waals surface area contributed by atoms with Crippen molar-refractivity contribution < 1.29 is 4.74 Å². The molecule has 4 nitrogen and oxygen atoms in total. The Balaban J connectivity index is 2.46. The van der Waals surface area contributed by atoms with Gasteiger partial charge < -0.3 is 10.1 Å². The van der Waals surface area contributed by atoms with E-state index in [-0.39, 0.29) is 6.04 Å². The van der Waals surface area contributed by atoms with Crippen molar-refractivity contribution in [2.24, 2.45) is 0 Å². The highest BCUT2D eigenvalue weighted by molar-refractivity contribution is 7.09. The lowest BCUT2D eigenvalue weighted by atomic mass is 10.1.